The van der Waals surface area contributed by atoms with E-state index in [-0.39, 0.29) is 0 Å². The lowest BCUT2D eigenvalue weighted by Crippen LogP contribution is -1.72. The van der Waals surface area contributed by atoms with Crippen LogP contribution in [0.25, 0.3) is 10.9 Å². The molecule has 12 heavy (non-hydrogen) atoms. The van der Waals surface area contributed by atoms with Crippen LogP contribution in [0.4, 0.5) is 0 Å². The molecule has 0 atom stereocenters. The molecule has 2 nitrogen and oxygen atoms in total. The SMILES string of the molecule is CC#Cc1[nH]nc2ccccc12. The summed E-state index contributed by atoms with van der Waals surface area (Å²) < 4.78 is 0. The molecule has 2 rings (SSSR count). The van der Waals surface area contributed by atoms with E-state index in [1.54, 1.807) is 0 Å². The number of H-pyrrole nitrogens is 1. The number of para-hydroxylation sites is 1. The van der Waals surface area contributed by atoms with Crippen molar-refractivity contribution < 1.29 is 0 Å². The molecule has 0 aliphatic carbocycles. The molecule has 1 aromatic carbocycles. The summed E-state index contributed by atoms with van der Waals surface area (Å²) in [6.07, 6.45) is 0. The Balaban J connectivity index is 2.76. The number of aromatic amines is 1. The number of rotatable bonds is 0. The molecule has 0 amide bonds. The van der Waals surface area contributed by atoms with E-state index in [1.807, 2.05) is 31.2 Å². The standard InChI is InChI=1S/C10H8N2/c1-2-5-9-8-6-3-4-7-10(8)12-11-9/h3-4,6-7H,1H3,(H,11,12). The molecule has 0 aliphatic heterocycles. The van der Waals surface area contributed by atoms with Crippen LogP contribution in [0.5, 0.6) is 0 Å². The number of nitrogens with zero attached hydrogens (tertiary/aromatic N) is 1. The molecular formula is C10H8N2. The van der Waals surface area contributed by atoms with Gasteiger partial charge in [0, 0.05) is 5.39 Å². The molecule has 58 valence electrons. The number of benzene rings is 1. The highest BCUT2D eigenvalue weighted by Gasteiger charge is 1.99. The van der Waals surface area contributed by atoms with Gasteiger partial charge in [-0.2, -0.15) is 5.10 Å². The second kappa shape index (κ2) is 2.71. The zero-order chi connectivity index (χ0) is 8.39. The quantitative estimate of drug-likeness (QED) is 0.580. The number of fused-ring (bicyclic) bond motifs is 1. The van der Waals surface area contributed by atoms with Crippen molar-refractivity contribution in [2.24, 2.45) is 0 Å². The van der Waals surface area contributed by atoms with Gasteiger partial charge in [0.2, 0.25) is 0 Å². The molecule has 2 aromatic rings. The van der Waals surface area contributed by atoms with E-state index < -0.39 is 0 Å². The first kappa shape index (κ1) is 6.93. The molecule has 0 saturated heterocycles. The second-order valence-corrected chi connectivity index (χ2v) is 2.49. The van der Waals surface area contributed by atoms with E-state index in [0.29, 0.717) is 0 Å². The third kappa shape index (κ3) is 0.960. The summed E-state index contributed by atoms with van der Waals surface area (Å²) >= 11 is 0. The van der Waals surface area contributed by atoms with Crippen LogP contribution in [0, 0.1) is 11.8 Å². The van der Waals surface area contributed by atoms with Crippen LogP contribution in [0.3, 0.4) is 0 Å². The van der Waals surface area contributed by atoms with Crippen molar-refractivity contribution >= 4 is 10.9 Å². The lowest BCUT2D eigenvalue weighted by atomic mass is 10.2. The minimum Gasteiger partial charge on any atom is -0.269 e. The van der Waals surface area contributed by atoms with Gasteiger partial charge in [-0.05, 0) is 25.0 Å². The third-order valence-corrected chi connectivity index (χ3v) is 1.71. The van der Waals surface area contributed by atoms with Gasteiger partial charge in [0.1, 0.15) is 5.69 Å². The molecule has 0 unspecified atom stereocenters. The van der Waals surface area contributed by atoms with Gasteiger partial charge in [-0.25, -0.2) is 0 Å². The Morgan fingerprint density at radius 1 is 1.33 bits per heavy atom. The lowest BCUT2D eigenvalue weighted by Gasteiger charge is -1.84. The fraction of sp³-hybridized carbons (Fsp3) is 0.100. The van der Waals surface area contributed by atoms with Gasteiger partial charge in [-0.3, -0.25) is 5.10 Å². The molecule has 1 aromatic heterocycles. The smallest absolute Gasteiger partial charge is 0.115 e. The van der Waals surface area contributed by atoms with Crippen molar-refractivity contribution in [3.05, 3.63) is 30.0 Å². The molecule has 1 heterocycles. The highest BCUT2D eigenvalue weighted by atomic mass is 15.1. The minimum atomic E-state index is 0.896. The topological polar surface area (TPSA) is 28.7 Å². The first-order valence-electron chi connectivity index (χ1n) is 3.77. The molecule has 1 N–H and O–H groups in total. The monoisotopic (exact) mass is 156 g/mol. The Kier molecular flexibility index (Phi) is 1.56. The number of hydrogen-bond donors (Lipinski definition) is 1. The van der Waals surface area contributed by atoms with Gasteiger partial charge >= 0.3 is 0 Å². The van der Waals surface area contributed by atoms with E-state index in [4.69, 9.17) is 0 Å². The van der Waals surface area contributed by atoms with E-state index in [1.165, 1.54) is 0 Å². The normalized spacial score (nSPS) is 9.42. The maximum Gasteiger partial charge on any atom is 0.115 e. The Bertz CT molecular complexity index is 457. The van der Waals surface area contributed by atoms with E-state index in [9.17, 15) is 0 Å². The summed E-state index contributed by atoms with van der Waals surface area (Å²) in [6.45, 7) is 1.82. The highest BCUT2D eigenvalue weighted by molar-refractivity contribution is 5.83. The van der Waals surface area contributed by atoms with Crippen molar-refractivity contribution in [3.8, 4) is 11.8 Å². The molecule has 0 spiro atoms. The molecule has 2 heteroatoms. The Morgan fingerprint density at radius 2 is 2.17 bits per heavy atom. The van der Waals surface area contributed by atoms with Gasteiger partial charge in [-0.15, -0.1) is 0 Å². The van der Waals surface area contributed by atoms with Crippen LogP contribution in [-0.2, 0) is 0 Å². The van der Waals surface area contributed by atoms with Crippen LogP contribution in [0.2, 0.25) is 0 Å². The number of aromatic nitrogens is 2. The van der Waals surface area contributed by atoms with Gasteiger partial charge < -0.3 is 0 Å². The lowest BCUT2D eigenvalue weighted by molar-refractivity contribution is 1.10. The van der Waals surface area contributed by atoms with Crippen molar-refractivity contribution in [1.29, 1.82) is 0 Å². The minimum absolute atomic E-state index is 0.896. The molecule has 0 bridgehead atoms. The van der Waals surface area contributed by atoms with Crippen molar-refractivity contribution in [2.45, 2.75) is 6.92 Å². The fourth-order valence-electron chi connectivity index (χ4n) is 1.18. The number of hydrogen-bond acceptors (Lipinski definition) is 1. The van der Waals surface area contributed by atoms with Gasteiger partial charge in [0.15, 0.2) is 0 Å². The summed E-state index contributed by atoms with van der Waals surface area (Å²) in [5.74, 6) is 5.80. The van der Waals surface area contributed by atoms with Crippen LogP contribution in [0.1, 0.15) is 12.6 Å². The summed E-state index contributed by atoms with van der Waals surface area (Å²) in [7, 11) is 0. The Hall–Kier alpha value is -1.75. The van der Waals surface area contributed by atoms with E-state index >= 15 is 0 Å². The third-order valence-electron chi connectivity index (χ3n) is 1.71. The summed E-state index contributed by atoms with van der Waals surface area (Å²) in [5, 5.41) is 8.09. The summed E-state index contributed by atoms with van der Waals surface area (Å²) in [4.78, 5) is 0. The predicted octanol–water partition coefficient (Wildman–Crippen LogP) is 1.93. The maximum atomic E-state index is 4.11. The zero-order valence-corrected chi connectivity index (χ0v) is 6.76. The number of nitrogens with one attached hydrogen (secondary N) is 1. The van der Waals surface area contributed by atoms with Crippen LogP contribution < -0.4 is 0 Å². The molecule has 0 radical (unpaired) electrons. The predicted molar refractivity (Wildman–Crippen MR) is 48.6 cm³/mol. The molecule has 0 fully saturated rings. The van der Waals surface area contributed by atoms with Gasteiger partial charge in [-0.1, -0.05) is 18.1 Å². The fourth-order valence-corrected chi connectivity index (χ4v) is 1.18. The van der Waals surface area contributed by atoms with E-state index in [0.717, 1.165) is 16.6 Å². The van der Waals surface area contributed by atoms with Gasteiger partial charge in [0.25, 0.3) is 0 Å². The van der Waals surface area contributed by atoms with Crippen molar-refractivity contribution in [3.63, 3.8) is 0 Å². The molecular weight excluding hydrogens is 148 g/mol. The Labute approximate surface area is 70.6 Å². The summed E-state index contributed by atoms with van der Waals surface area (Å²) in [5.41, 5.74) is 1.86. The van der Waals surface area contributed by atoms with E-state index in [2.05, 4.69) is 22.0 Å². The maximum absolute atomic E-state index is 4.11. The van der Waals surface area contributed by atoms with Crippen LogP contribution in [0.15, 0.2) is 24.3 Å². The average molecular weight is 156 g/mol. The summed E-state index contributed by atoms with van der Waals surface area (Å²) in [6, 6.07) is 7.93. The highest BCUT2D eigenvalue weighted by Crippen LogP contribution is 2.13. The largest absolute Gasteiger partial charge is 0.269 e. The Morgan fingerprint density at radius 3 is 3.00 bits per heavy atom. The van der Waals surface area contributed by atoms with Crippen molar-refractivity contribution in [1.82, 2.24) is 10.2 Å². The van der Waals surface area contributed by atoms with Gasteiger partial charge in [0.05, 0.1) is 5.52 Å². The average Bonchev–Trinajstić information content (AvgIpc) is 2.50. The van der Waals surface area contributed by atoms with Crippen molar-refractivity contribution in [2.75, 3.05) is 0 Å². The molecule has 0 saturated carbocycles. The second-order valence-electron chi connectivity index (χ2n) is 2.49. The zero-order valence-electron chi connectivity index (χ0n) is 6.76. The first-order valence-corrected chi connectivity index (χ1v) is 3.77. The molecule has 0 aliphatic rings. The van der Waals surface area contributed by atoms with Crippen LogP contribution in [-0.4, -0.2) is 10.2 Å². The first-order chi connectivity index (χ1) is 5.92. The van der Waals surface area contributed by atoms with Crippen LogP contribution >= 0.6 is 0 Å².